The van der Waals surface area contributed by atoms with Crippen LogP contribution in [-0.2, 0) is 17.8 Å². The van der Waals surface area contributed by atoms with Gasteiger partial charge in [0.1, 0.15) is 11.3 Å². The zero-order valence-corrected chi connectivity index (χ0v) is 17.2. The number of fused-ring (bicyclic) bond motifs is 1. The number of thiazole rings is 1. The first kappa shape index (κ1) is 18.6. The maximum atomic E-state index is 13.2. The fourth-order valence-corrected chi connectivity index (χ4v) is 4.74. The van der Waals surface area contributed by atoms with Crippen molar-refractivity contribution in [1.82, 2.24) is 9.97 Å². The predicted molar refractivity (Wildman–Crippen MR) is 114 cm³/mol. The molecule has 3 aromatic heterocycles. The van der Waals surface area contributed by atoms with Gasteiger partial charge in [-0.3, -0.25) is 14.7 Å². The lowest BCUT2D eigenvalue weighted by Gasteiger charge is -2.19. The molecule has 0 aliphatic rings. The van der Waals surface area contributed by atoms with Crippen LogP contribution in [-0.4, -0.2) is 23.0 Å². The van der Waals surface area contributed by atoms with Crippen LogP contribution in [0.25, 0.3) is 10.2 Å². The highest BCUT2D eigenvalue weighted by Gasteiger charge is 2.22. The van der Waals surface area contributed by atoms with Crippen molar-refractivity contribution in [2.75, 3.05) is 12.0 Å². The lowest BCUT2D eigenvalue weighted by molar-refractivity contribution is -0.118. The van der Waals surface area contributed by atoms with Crippen molar-refractivity contribution in [3.63, 3.8) is 0 Å². The molecule has 0 fully saturated rings. The molecule has 0 unspecified atom stereocenters. The Morgan fingerprint density at radius 3 is 2.82 bits per heavy atom. The van der Waals surface area contributed by atoms with Crippen molar-refractivity contribution in [2.45, 2.75) is 19.9 Å². The van der Waals surface area contributed by atoms with Crippen LogP contribution in [0.4, 0.5) is 5.13 Å². The smallest absolute Gasteiger partial charge is 0.234 e. The average molecular weight is 410 g/mol. The van der Waals surface area contributed by atoms with E-state index >= 15 is 0 Å². The van der Waals surface area contributed by atoms with Crippen LogP contribution in [0.3, 0.4) is 0 Å². The molecule has 28 heavy (non-hydrogen) atoms. The van der Waals surface area contributed by atoms with Crippen LogP contribution in [0.15, 0.2) is 54.2 Å². The first-order valence-corrected chi connectivity index (χ1v) is 10.5. The molecule has 0 bridgehead atoms. The Hall–Kier alpha value is -2.77. The molecule has 0 aliphatic carbocycles. The van der Waals surface area contributed by atoms with Crippen molar-refractivity contribution in [3.8, 4) is 5.75 Å². The van der Waals surface area contributed by atoms with Gasteiger partial charge < -0.3 is 4.74 Å². The molecule has 0 spiro atoms. The van der Waals surface area contributed by atoms with Gasteiger partial charge >= 0.3 is 0 Å². The van der Waals surface area contributed by atoms with Gasteiger partial charge in [0.05, 0.1) is 24.8 Å². The Morgan fingerprint density at radius 2 is 2.11 bits per heavy atom. The van der Waals surface area contributed by atoms with Crippen LogP contribution >= 0.6 is 22.7 Å². The molecule has 0 saturated carbocycles. The predicted octanol–water partition coefficient (Wildman–Crippen LogP) is 4.85. The van der Waals surface area contributed by atoms with E-state index in [1.54, 1.807) is 35.7 Å². The summed E-state index contributed by atoms with van der Waals surface area (Å²) in [6, 6.07) is 11.7. The Kier molecular flexibility index (Phi) is 5.36. The van der Waals surface area contributed by atoms with Gasteiger partial charge in [0.15, 0.2) is 5.13 Å². The number of hydrogen-bond acceptors (Lipinski definition) is 6. The summed E-state index contributed by atoms with van der Waals surface area (Å²) in [5, 5.41) is 2.66. The lowest BCUT2D eigenvalue weighted by Crippen LogP contribution is -2.31. The Morgan fingerprint density at radius 1 is 1.21 bits per heavy atom. The Labute approximate surface area is 171 Å². The van der Waals surface area contributed by atoms with E-state index in [9.17, 15) is 4.79 Å². The Balaban J connectivity index is 1.75. The molecule has 0 saturated heterocycles. The fourth-order valence-electron chi connectivity index (χ4n) is 2.97. The molecule has 0 aliphatic heterocycles. The third kappa shape index (κ3) is 3.76. The van der Waals surface area contributed by atoms with E-state index in [4.69, 9.17) is 9.72 Å². The van der Waals surface area contributed by atoms with Gasteiger partial charge in [-0.1, -0.05) is 29.5 Å². The second kappa shape index (κ2) is 8.08. The molecule has 4 rings (SSSR count). The zero-order chi connectivity index (χ0) is 19.5. The first-order valence-electron chi connectivity index (χ1n) is 8.81. The molecule has 0 radical (unpaired) electrons. The zero-order valence-electron chi connectivity index (χ0n) is 15.6. The van der Waals surface area contributed by atoms with E-state index in [-0.39, 0.29) is 5.91 Å². The van der Waals surface area contributed by atoms with E-state index in [2.05, 4.69) is 4.98 Å². The quantitative estimate of drug-likeness (QED) is 0.457. The standard InChI is InChI=1S/C21H19N3O2S2/c1-14-7-8-17(26-2)19-20(14)28-21(23-19)24(13-15-5-3-9-22-12-15)18(25)11-16-6-4-10-27-16/h3-10,12H,11,13H2,1-2H3. The third-order valence-electron chi connectivity index (χ3n) is 4.41. The number of nitrogens with zero attached hydrogens (tertiary/aromatic N) is 3. The molecule has 0 atom stereocenters. The van der Waals surface area contributed by atoms with E-state index in [0.29, 0.717) is 18.1 Å². The molecular weight excluding hydrogens is 390 g/mol. The van der Waals surface area contributed by atoms with Gasteiger partial charge in [-0.25, -0.2) is 4.98 Å². The SMILES string of the molecule is COc1ccc(C)c2sc(N(Cc3cccnc3)C(=O)Cc3cccs3)nc12. The second-order valence-corrected chi connectivity index (χ2v) is 8.37. The molecule has 142 valence electrons. The number of aromatic nitrogens is 2. The highest BCUT2D eigenvalue weighted by Crippen LogP contribution is 2.37. The number of hydrogen-bond donors (Lipinski definition) is 0. The number of aryl methyl sites for hydroxylation is 1. The van der Waals surface area contributed by atoms with Crippen LogP contribution in [0.1, 0.15) is 16.0 Å². The summed E-state index contributed by atoms with van der Waals surface area (Å²) >= 11 is 3.11. The summed E-state index contributed by atoms with van der Waals surface area (Å²) in [5.74, 6) is 0.733. The van der Waals surface area contributed by atoms with E-state index in [0.717, 1.165) is 32.0 Å². The van der Waals surface area contributed by atoms with Gasteiger partial charge in [0, 0.05) is 17.3 Å². The van der Waals surface area contributed by atoms with Crippen LogP contribution in [0, 0.1) is 6.92 Å². The summed E-state index contributed by atoms with van der Waals surface area (Å²) in [7, 11) is 1.64. The molecule has 4 aromatic rings. The number of ether oxygens (including phenoxy) is 1. The van der Waals surface area contributed by atoms with Crippen molar-refractivity contribution in [2.24, 2.45) is 0 Å². The summed E-state index contributed by atoms with van der Waals surface area (Å²) < 4.78 is 6.51. The maximum Gasteiger partial charge on any atom is 0.234 e. The van der Waals surface area contributed by atoms with Crippen molar-refractivity contribution < 1.29 is 9.53 Å². The van der Waals surface area contributed by atoms with Crippen LogP contribution in [0.5, 0.6) is 5.75 Å². The second-order valence-electron chi connectivity index (χ2n) is 6.36. The number of pyridine rings is 1. The minimum Gasteiger partial charge on any atom is -0.494 e. The maximum absolute atomic E-state index is 13.2. The number of methoxy groups -OCH3 is 1. The largest absolute Gasteiger partial charge is 0.494 e. The highest BCUT2D eigenvalue weighted by atomic mass is 32.1. The lowest BCUT2D eigenvalue weighted by atomic mass is 10.2. The number of carbonyl (C=O) groups is 1. The normalized spacial score (nSPS) is 10.9. The molecule has 7 heteroatoms. The number of carbonyl (C=O) groups excluding carboxylic acids is 1. The van der Waals surface area contributed by atoms with Crippen molar-refractivity contribution in [1.29, 1.82) is 0 Å². The molecule has 0 N–H and O–H groups in total. The summed E-state index contributed by atoms with van der Waals surface area (Å²) in [5.41, 5.74) is 2.87. The number of anilines is 1. The molecule has 1 amide bonds. The molecule has 3 heterocycles. The first-order chi connectivity index (χ1) is 13.7. The van der Waals surface area contributed by atoms with Gasteiger partial charge in [-0.15, -0.1) is 11.3 Å². The van der Waals surface area contributed by atoms with Gasteiger partial charge in [-0.2, -0.15) is 0 Å². The van der Waals surface area contributed by atoms with E-state index in [1.165, 1.54) is 11.3 Å². The molecule has 5 nitrogen and oxygen atoms in total. The van der Waals surface area contributed by atoms with Gasteiger partial charge in [0.25, 0.3) is 0 Å². The van der Waals surface area contributed by atoms with Crippen molar-refractivity contribution in [3.05, 3.63) is 70.2 Å². The number of rotatable bonds is 6. The topological polar surface area (TPSA) is 55.3 Å². The highest BCUT2D eigenvalue weighted by molar-refractivity contribution is 7.22. The number of thiophene rings is 1. The number of amides is 1. The fraction of sp³-hybridized carbons (Fsp3) is 0.190. The summed E-state index contributed by atoms with van der Waals surface area (Å²) in [6.07, 6.45) is 3.86. The summed E-state index contributed by atoms with van der Waals surface area (Å²) in [4.78, 5) is 24.9. The monoisotopic (exact) mass is 409 g/mol. The third-order valence-corrected chi connectivity index (χ3v) is 6.50. The van der Waals surface area contributed by atoms with Crippen molar-refractivity contribution >= 4 is 43.9 Å². The Bertz CT molecular complexity index is 1090. The van der Waals surface area contributed by atoms with Crippen LogP contribution in [0.2, 0.25) is 0 Å². The summed E-state index contributed by atoms with van der Waals surface area (Å²) in [6.45, 7) is 2.47. The van der Waals surface area contributed by atoms with Gasteiger partial charge in [-0.05, 0) is 41.6 Å². The van der Waals surface area contributed by atoms with Crippen LogP contribution < -0.4 is 9.64 Å². The minimum atomic E-state index is 0.0157. The molecular formula is C21H19N3O2S2. The minimum absolute atomic E-state index is 0.0157. The van der Waals surface area contributed by atoms with E-state index < -0.39 is 0 Å². The van der Waals surface area contributed by atoms with E-state index in [1.807, 2.05) is 48.7 Å². The average Bonchev–Trinajstić information content (AvgIpc) is 3.37. The number of benzene rings is 1. The van der Waals surface area contributed by atoms with Gasteiger partial charge in [0.2, 0.25) is 5.91 Å². The molecule has 1 aromatic carbocycles.